The first-order chi connectivity index (χ1) is 8.99. The first-order valence-corrected chi connectivity index (χ1v) is 8.67. The zero-order valence-electron chi connectivity index (χ0n) is 14.3. The van der Waals surface area contributed by atoms with Crippen LogP contribution in [0.2, 0.25) is 0 Å². The van der Waals surface area contributed by atoms with Crippen LogP contribution in [-0.4, -0.2) is 11.7 Å². The Kier molecular flexibility index (Phi) is 11.7. The van der Waals surface area contributed by atoms with Crippen molar-refractivity contribution >= 4 is 0 Å². The monoisotopic (exact) mass is 270 g/mol. The molecule has 0 saturated carbocycles. The molecule has 0 rings (SSSR count). The van der Waals surface area contributed by atoms with E-state index in [1.54, 1.807) is 0 Å². The molecule has 0 amide bonds. The Morgan fingerprint density at radius 1 is 0.684 bits per heavy atom. The molecule has 1 nitrogen and oxygen atoms in total. The van der Waals surface area contributed by atoms with Crippen LogP contribution < -0.4 is 0 Å². The smallest absolute Gasteiger partial charge is 0.0602 e. The summed E-state index contributed by atoms with van der Waals surface area (Å²) in [6.07, 6.45) is 15.3. The number of unbranched alkanes of at least 4 members (excludes halogenated alkanes) is 7. The molecule has 0 N–H and O–H groups in total. The predicted octanol–water partition coefficient (Wildman–Crippen LogP) is 6.50. The first-order valence-electron chi connectivity index (χ1n) is 8.67. The van der Waals surface area contributed by atoms with E-state index >= 15 is 0 Å². The quantitative estimate of drug-likeness (QED) is 0.368. The predicted molar refractivity (Wildman–Crippen MR) is 86.8 cm³/mol. The fourth-order valence-electron chi connectivity index (χ4n) is 2.52. The van der Waals surface area contributed by atoms with E-state index < -0.39 is 0 Å². The van der Waals surface area contributed by atoms with Gasteiger partial charge in [-0.1, -0.05) is 71.6 Å². The first kappa shape index (κ1) is 19.0. The van der Waals surface area contributed by atoms with Gasteiger partial charge in [-0.05, 0) is 33.6 Å². The Labute approximate surface area is 122 Å². The van der Waals surface area contributed by atoms with Crippen molar-refractivity contribution in [1.29, 1.82) is 0 Å². The molecule has 0 heterocycles. The van der Waals surface area contributed by atoms with Crippen LogP contribution in [0.3, 0.4) is 0 Å². The van der Waals surface area contributed by atoms with Crippen molar-refractivity contribution < 1.29 is 4.74 Å². The van der Waals surface area contributed by atoms with E-state index in [9.17, 15) is 0 Å². The van der Waals surface area contributed by atoms with Gasteiger partial charge < -0.3 is 4.74 Å². The molecule has 0 aliphatic heterocycles. The fourth-order valence-corrected chi connectivity index (χ4v) is 2.52. The molecule has 0 radical (unpaired) electrons. The highest BCUT2D eigenvalue weighted by atomic mass is 16.5. The molecule has 19 heavy (non-hydrogen) atoms. The van der Waals surface area contributed by atoms with Crippen LogP contribution >= 0.6 is 0 Å². The molecule has 0 aliphatic rings. The third kappa shape index (κ3) is 14.2. The second kappa shape index (κ2) is 11.8. The van der Waals surface area contributed by atoms with Gasteiger partial charge in [0, 0.05) is 0 Å². The van der Waals surface area contributed by atoms with Gasteiger partial charge in [0.2, 0.25) is 0 Å². The number of ether oxygens (including phenoxy) is 1. The van der Waals surface area contributed by atoms with Gasteiger partial charge in [0.1, 0.15) is 0 Å². The van der Waals surface area contributed by atoms with Crippen LogP contribution in [0.4, 0.5) is 0 Å². The Morgan fingerprint density at radius 3 is 1.68 bits per heavy atom. The summed E-state index contributed by atoms with van der Waals surface area (Å²) in [5.74, 6) is 0. The van der Waals surface area contributed by atoms with Gasteiger partial charge in [-0.15, -0.1) is 0 Å². The van der Waals surface area contributed by atoms with E-state index in [-0.39, 0.29) is 5.60 Å². The maximum absolute atomic E-state index is 6.18. The van der Waals surface area contributed by atoms with Crippen molar-refractivity contribution in [2.45, 2.75) is 117 Å². The second-order valence-electron chi connectivity index (χ2n) is 6.90. The largest absolute Gasteiger partial charge is 0.373 e. The minimum absolute atomic E-state index is 0.0134. The normalized spacial score (nSPS) is 13.7. The average molecular weight is 271 g/mol. The molecule has 116 valence electrons. The summed E-state index contributed by atoms with van der Waals surface area (Å²) in [6.45, 7) is 11.1. The van der Waals surface area contributed by atoms with Gasteiger partial charge in [0.15, 0.2) is 0 Å². The van der Waals surface area contributed by atoms with Crippen LogP contribution in [-0.2, 0) is 4.74 Å². The fraction of sp³-hybridized carbons (Fsp3) is 1.00. The molecule has 0 aromatic rings. The molecule has 1 heteroatoms. The highest BCUT2D eigenvalue weighted by Gasteiger charge is 2.17. The zero-order valence-corrected chi connectivity index (χ0v) is 14.3. The van der Waals surface area contributed by atoms with Gasteiger partial charge in [-0.3, -0.25) is 0 Å². The SMILES string of the molecule is CCCCCCCCCC(CCCC)OC(C)(C)C. The molecule has 1 atom stereocenters. The van der Waals surface area contributed by atoms with Gasteiger partial charge in [0.05, 0.1) is 11.7 Å². The lowest BCUT2D eigenvalue weighted by Gasteiger charge is -2.27. The van der Waals surface area contributed by atoms with Gasteiger partial charge >= 0.3 is 0 Å². The van der Waals surface area contributed by atoms with Crippen molar-refractivity contribution in [3.63, 3.8) is 0 Å². The van der Waals surface area contributed by atoms with Crippen LogP contribution in [0.5, 0.6) is 0 Å². The maximum atomic E-state index is 6.18. The Balaban J connectivity index is 3.67. The molecule has 0 aliphatic carbocycles. The lowest BCUT2D eigenvalue weighted by atomic mass is 10.0. The molecule has 0 fully saturated rings. The Bertz CT molecular complexity index is 181. The highest BCUT2D eigenvalue weighted by Crippen LogP contribution is 2.20. The van der Waals surface area contributed by atoms with E-state index in [0.717, 1.165) is 0 Å². The van der Waals surface area contributed by atoms with Crippen LogP contribution in [0, 0.1) is 0 Å². The Hall–Kier alpha value is -0.0400. The molecule has 0 aromatic heterocycles. The standard InChI is InChI=1S/C18H38O/c1-6-8-10-11-12-13-14-16-17(15-9-7-2)19-18(3,4)5/h17H,6-16H2,1-5H3. The summed E-state index contributed by atoms with van der Waals surface area (Å²) in [7, 11) is 0. The molecule has 0 aromatic carbocycles. The van der Waals surface area contributed by atoms with Gasteiger partial charge in [-0.25, -0.2) is 0 Å². The van der Waals surface area contributed by atoms with E-state index in [4.69, 9.17) is 4.74 Å². The molecule has 0 bridgehead atoms. The summed E-state index contributed by atoms with van der Waals surface area (Å²) >= 11 is 0. The zero-order chi connectivity index (χ0) is 14.6. The van der Waals surface area contributed by atoms with E-state index in [1.165, 1.54) is 70.6 Å². The summed E-state index contributed by atoms with van der Waals surface area (Å²) in [6, 6.07) is 0. The van der Waals surface area contributed by atoms with Crippen molar-refractivity contribution in [3.8, 4) is 0 Å². The lowest BCUT2D eigenvalue weighted by Crippen LogP contribution is -2.27. The van der Waals surface area contributed by atoms with Crippen molar-refractivity contribution in [3.05, 3.63) is 0 Å². The minimum Gasteiger partial charge on any atom is -0.373 e. The Morgan fingerprint density at radius 2 is 1.16 bits per heavy atom. The van der Waals surface area contributed by atoms with Gasteiger partial charge in [0.25, 0.3) is 0 Å². The topological polar surface area (TPSA) is 9.23 Å². The summed E-state index contributed by atoms with van der Waals surface area (Å²) in [5, 5.41) is 0. The number of rotatable bonds is 12. The van der Waals surface area contributed by atoms with Crippen molar-refractivity contribution in [2.24, 2.45) is 0 Å². The minimum atomic E-state index is 0.0134. The molecule has 0 saturated heterocycles. The highest BCUT2D eigenvalue weighted by molar-refractivity contribution is 4.67. The summed E-state index contributed by atoms with van der Waals surface area (Å²) in [4.78, 5) is 0. The third-order valence-corrected chi connectivity index (χ3v) is 3.53. The third-order valence-electron chi connectivity index (χ3n) is 3.53. The number of hydrogen-bond donors (Lipinski definition) is 0. The molecule has 0 spiro atoms. The molecular formula is C18H38O. The summed E-state index contributed by atoms with van der Waals surface area (Å²) < 4.78 is 6.18. The number of hydrogen-bond acceptors (Lipinski definition) is 1. The van der Waals surface area contributed by atoms with E-state index in [1.807, 2.05) is 0 Å². The van der Waals surface area contributed by atoms with E-state index in [0.29, 0.717) is 6.10 Å². The van der Waals surface area contributed by atoms with Crippen LogP contribution in [0.15, 0.2) is 0 Å². The van der Waals surface area contributed by atoms with Crippen LogP contribution in [0.25, 0.3) is 0 Å². The van der Waals surface area contributed by atoms with E-state index in [2.05, 4.69) is 34.6 Å². The summed E-state index contributed by atoms with van der Waals surface area (Å²) in [5.41, 5.74) is 0.0134. The van der Waals surface area contributed by atoms with Crippen LogP contribution in [0.1, 0.15) is 105 Å². The average Bonchev–Trinajstić information content (AvgIpc) is 2.33. The molecule has 1 unspecified atom stereocenters. The maximum Gasteiger partial charge on any atom is 0.0602 e. The van der Waals surface area contributed by atoms with Gasteiger partial charge in [-0.2, -0.15) is 0 Å². The van der Waals surface area contributed by atoms with Crippen molar-refractivity contribution in [2.75, 3.05) is 0 Å². The lowest BCUT2D eigenvalue weighted by molar-refractivity contribution is -0.0676. The molecular weight excluding hydrogens is 232 g/mol. The van der Waals surface area contributed by atoms with Crippen molar-refractivity contribution in [1.82, 2.24) is 0 Å². The second-order valence-corrected chi connectivity index (χ2v) is 6.90.